The first-order chi connectivity index (χ1) is 19.5. The van der Waals surface area contributed by atoms with E-state index >= 15 is 0 Å². The van der Waals surface area contributed by atoms with Gasteiger partial charge in [0.2, 0.25) is 0 Å². The highest BCUT2D eigenvalue weighted by Gasteiger charge is 2.21. The van der Waals surface area contributed by atoms with Gasteiger partial charge in [0.05, 0.1) is 27.6 Å². The predicted molar refractivity (Wildman–Crippen MR) is 161 cm³/mol. The van der Waals surface area contributed by atoms with Gasteiger partial charge in [-0.15, -0.1) is 0 Å². The SMILES string of the molecule is C[C@H](NC(=O)c1cc(-c2ccccc2)cc2snc(Cc3ccc4ccccc4c3)c12)c1ccc(C(=O)O)cc1. The molecule has 196 valence electrons. The van der Waals surface area contributed by atoms with E-state index in [1.807, 2.05) is 55.5 Å². The molecular formula is C34H26N2O3S. The summed E-state index contributed by atoms with van der Waals surface area (Å²) in [6.45, 7) is 1.90. The summed E-state index contributed by atoms with van der Waals surface area (Å²) in [4.78, 5) is 25.1. The summed E-state index contributed by atoms with van der Waals surface area (Å²) in [5, 5.41) is 15.6. The number of carbonyl (C=O) groups excluding carboxylic acids is 1. The minimum Gasteiger partial charge on any atom is -0.478 e. The average Bonchev–Trinajstić information content (AvgIpc) is 3.39. The molecule has 0 bridgehead atoms. The average molecular weight is 543 g/mol. The highest BCUT2D eigenvalue weighted by Crippen LogP contribution is 2.34. The van der Waals surface area contributed by atoms with Crippen LogP contribution in [0.2, 0.25) is 0 Å². The third kappa shape index (κ3) is 5.09. The van der Waals surface area contributed by atoms with Crippen molar-refractivity contribution in [3.63, 3.8) is 0 Å². The van der Waals surface area contributed by atoms with Crippen LogP contribution in [0.1, 0.15) is 50.5 Å². The Bertz CT molecular complexity index is 1860. The fourth-order valence-corrected chi connectivity index (χ4v) is 5.91. The lowest BCUT2D eigenvalue weighted by atomic mass is 9.96. The quantitative estimate of drug-likeness (QED) is 0.215. The fraction of sp³-hybridized carbons (Fsp3) is 0.0882. The van der Waals surface area contributed by atoms with Crippen molar-refractivity contribution >= 4 is 44.3 Å². The number of nitrogens with zero attached hydrogens (tertiary/aromatic N) is 1. The predicted octanol–water partition coefficient (Wildman–Crippen LogP) is 7.90. The van der Waals surface area contributed by atoms with Gasteiger partial charge in [-0.2, -0.15) is 4.37 Å². The molecule has 0 aliphatic rings. The molecule has 0 spiro atoms. The third-order valence-electron chi connectivity index (χ3n) is 7.19. The molecule has 0 aliphatic heterocycles. The first-order valence-corrected chi connectivity index (χ1v) is 13.8. The Kier molecular flexibility index (Phi) is 6.84. The molecule has 0 saturated carbocycles. The fourth-order valence-electron chi connectivity index (χ4n) is 5.05. The zero-order chi connectivity index (χ0) is 27.6. The van der Waals surface area contributed by atoms with E-state index in [-0.39, 0.29) is 17.5 Å². The van der Waals surface area contributed by atoms with Gasteiger partial charge in [0, 0.05) is 11.8 Å². The Balaban J connectivity index is 1.39. The molecule has 1 aromatic heterocycles. The van der Waals surface area contributed by atoms with Gasteiger partial charge in [-0.1, -0.05) is 84.9 Å². The summed E-state index contributed by atoms with van der Waals surface area (Å²) in [7, 11) is 0. The summed E-state index contributed by atoms with van der Waals surface area (Å²) in [5.41, 5.74) is 5.61. The standard InChI is InChI=1S/C34H26N2O3S/c1-21(23-13-15-26(16-14-23)34(38)39)35-33(37)29-19-28(24-7-3-2-4-8-24)20-31-32(29)30(36-40-31)18-22-11-12-25-9-5-6-10-27(25)17-22/h2-17,19-21H,18H2,1H3,(H,35,37)(H,38,39)/t21-/m0/s1. The van der Waals surface area contributed by atoms with E-state index in [0.717, 1.165) is 38.0 Å². The van der Waals surface area contributed by atoms with E-state index in [1.54, 1.807) is 24.3 Å². The molecule has 0 fully saturated rings. The number of benzene rings is 5. The van der Waals surface area contributed by atoms with Crippen molar-refractivity contribution in [2.24, 2.45) is 0 Å². The lowest BCUT2D eigenvalue weighted by Gasteiger charge is -2.16. The number of carboxylic acid groups (broad SMARTS) is 1. The van der Waals surface area contributed by atoms with E-state index < -0.39 is 5.97 Å². The Morgan fingerprint density at radius 3 is 2.30 bits per heavy atom. The van der Waals surface area contributed by atoms with E-state index in [2.05, 4.69) is 41.7 Å². The summed E-state index contributed by atoms with van der Waals surface area (Å²) in [6, 6.07) is 35.0. The van der Waals surface area contributed by atoms with E-state index in [0.29, 0.717) is 12.0 Å². The maximum Gasteiger partial charge on any atom is 0.335 e. The number of carbonyl (C=O) groups is 2. The number of aromatic carboxylic acids is 1. The molecule has 1 heterocycles. The Morgan fingerprint density at radius 2 is 1.55 bits per heavy atom. The highest BCUT2D eigenvalue weighted by atomic mass is 32.1. The van der Waals surface area contributed by atoms with Crippen LogP contribution in [0.25, 0.3) is 32.0 Å². The van der Waals surface area contributed by atoms with Crippen molar-refractivity contribution in [3.05, 3.63) is 137 Å². The van der Waals surface area contributed by atoms with Crippen LogP contribution in [0, 0.1) is 0 Å². The van der Waals surface area contributed by atoms with Gasteiger partial charge in [0.1, 0.15) is 0 Å². The zero-order valence-electron chi connectivity index (χ0n) is 21.8. The molecule has 1 atom stereocenters. The molecule has 6 aromatic rings. The summed E-state index contributed by atoms with van der Waals surface area (Å²) < 4.78 is 5.78. The molecule has 0 unspecified atom stereocenters. The number of aromatic nitrogens is 1. The highest BCUT2D eigenvalue weighted by molar-refractivity contribution is 7.13. The number of fused-ring (bicyclic) bond motifs is 2. The number of nitrogens with one attached hydrogen (secondary N) is 1. The Labute approximate surface area is 235 Å². The smallest absolute Gasteiger partial charge is 0.335 e. The molecule has 5 aromatic carbocycles. The molecule has 40 heavy (non-hydrogen) atoms. The van der Waals surface area contributed by atoms with Gasteiger partial charge in [0.15, 0.2) is 0 Å². The first-order valence-electron chi connectivity index (χ1n) is 13.1. The van der Waals surface area contributed by atoms with Crippen LogP contribution < -0.4 is 5.32 Å². The lowest BCUT2D eigenvalue weighted by Crippen LogP contribution is -2.27. The summed E-state index contributed by atoms with van der Waals surface area (Å²) >= 11 is 1.41. The molecular weight excluding hydrogens is 516 g/mol. The molecule has 6 rings (SSSR count). The van der Waals surface area contributed by atoms with Gasteiger partial charge in [-0.05, 0) is 75.7 Å². The Morgan fingerprint density at radius 1 is 0.825 bits per heavy atom. The van der Waals surface area contributed by atoms with Crippen LogP contribution in [0.5, 0.6) is 0 Å². The van der Waals surface area contributed by atoms with Crippen LogP contribution in [0.3, 0.4) is 0 Å². The van der Waals surface area contributed by atoms with Crippen molar-refractivity contribution in [2.75, 3.05) is 0 Å². The minimum absolute atomic E-state index is 0.197. The van der Waals surface area contributed by atoms with Crippen molar-refractivity contribution < 1.29 is 14.7 Å². The second-order valence-corrected chi connectivity index (χ2v) is 10.7. The van der Waals surface area contributed by atoms with Crippen LogP contribution in [0.4, 0.5) is 0 Å². The monoisotopic (exact) mass is 542 g/mol. The maximum absolute atomic E-state index is 13.9. The van der Waals surface area contributed by atoms with Crippen LogP contribution in [-0.4, -0.2) is 21.4 Å². The van der Waals surface area contributed by atoms with Crippen molar-refractivity contribution in [1.29, 1.82) is 0 Å². The molecule has 0 aliphatic carbocycles. The van der Waals surface area contributed by atoms with Gasteiger partial charge in [0.25, 0.3) is 5.91 Å². The topological polar surface area (TPSA) is 79.3 Å². The van der Waals surface area contributed by atoms with Gasteiger partial charge < -0.3 is 10.4 Å². The van der Waals surface area contributed by atoms with Gasteiger partial charge >= 0.3 is 5.97 Å². The first kappa shape index (κ1) is 25.5. The molecule has 1 amide bonds. The Hall–Kier alpha value is -4.81. The molecule has 0 saturated heterocycles. The van der Waals surface area contributed by atoms with E-state index in [1.165, 1.54) is 22.3 Å². The van der Waals surface area contributed by atoms with Crippen LogP contribution in [0.15, 0.2) is 109 Å². The summed E-state index contributed by atoms with van der Waals surface area (Å²) in [6.07, 6.45) is 0.613. The van der Waals surface area contributed by atoms with Crippen molar-refractivity contribution in [3.8, 4) is 11.1 Å². The zero-order valence-corrected chi connectivity index (χ0v) is 22.6. The van der Waals surface area contributed by atoms with Crippen molar-refractivity contribution in [2.45, 2.75) is 19.4 Å². The molecule has 0 radical (unpaired) electrons. The number of amides is 1. The number of carboxylic acids is 1. The second-order valence-electron chi connectivity index (χ2n) is 9.87. The third-order valence-corrected chi connectivity index (χ3v) is 8.02. The molecule has 5 nitrogen and oxygen atoms in total. The number of rotatable bonds is 7. The van der Waals surface area contributed by atoms with Gasteiger partial charge in [-0.3, -0.25) is 4.79 Å². The van der Waals surface area contributed by atoms with Crippen LogP contribution in [-0.2, 0) is 6.42 Å². The van der Waals surface area contributed by atoms with E-state index in [9.17, 15) is 14.7 Å². The van der Waals surface area contributed by atoms with Crippen molar-refractivity contribution in [1.82, 2.24) is 9.69 Å². The number of hydrogen-bond acceptors (Lipinski definition) is 4. The lowest BCUT2D eigenvalue weighted by molar-refractivity contribution is 0.0696. The molecule has 6 heteroatoms. The van der Waals surface area contributed by atoms with Gasteiger partial charge in [-0.25, -0.2) is 4.79 Å². The maximum atomic E-state index is 13.9. The largest absolute Gasteiger partial charge is 0.478 e. The number of hydrogen-bond donors (Lipinski definition) is 2. The second kappa shape index (κ2) is 10.8. The summed E-state index contributed by atoms with van der Waals surface area (Å²) in [5.74, 6) is -1.18. The molecule has 2 N–H and O–H groups in total. The van der Waals surface area contributed by atoms with Crippen LogP contribution >= 0.6 is 11.5 Å². The minimum atomic E-state index is -0.979. The van der Waals surface area contributed by atoms with E-state index in [4.69, 9.17) is 4.37 Å². The normalized spacial score (nSPS) is 11.9.